The lowest BCUT2D eigenvalue weighted by Gasteiger charge is -2.37. The van der Waals surface area contributed by atoms with Crippen LogP contribution in [0.3, 0.4) is 0 Å². The number of hydrogen-bond acceptors (Lipinski definition) is 5. The number of nitrogens with one attached hydrogen (secondary N) is 2. The Morgan fingerprint density at radius 1 is 1.20 bits per heavy atom. The average Bonchev–Trinajstić information content (AvgIpc) is 2.68. The van der Waals surface area contributed by atoms with Crippen molar-refractivity contribution in [3.8, 4) is 0 Å². The molecule has 172 valence electrons. The molecule has 1 aliphatic heterocycles. The number of guanidine groups is 1. The molecule has 1 aromatic carbocycles. The van der Waals surface area contributed by atoms with E-state index in [0.29, 0.717) is 29.7 Å². The normalized spacial score (nSPS) is 17.3. The third kappa shape index (κ3) is 9.03. The van der Waals surface area contributed by atoms with E-state index in [9.17, 15) is 12.8 Å². The maximum absolute atomic E-state index is 13.7. The molecule has 1 aromatic rings. The van der Waals surface area contributed by atoms with Crippen LogP contribution in [0.1, 0.15) is 25.0 Å². The molecule has 0 bridgehead atoms. The van der Waals surface area contributed by atoms with E-state index >= 15 is 0 Å². The largest absolute Gasteiger partial charge is 0.355 e. The molecule has 7 nitrogen and oxygen atoms in total. The van der Waals surface area contributed by atoms with Crippen molar-refractivity contribution in [3.63, 3.8) is 0 Å². The molecule has 30 heavy (non-hydrogen) atoms. The van der Waals surface area contributed by atoms with Crippen molar-refractivity contribution in [1.82, 2.24) is 20.4 Å². The molecule has 2 N–H and O–H groups in total. The highest BCUT2D eigenvalue weighted by molar-refractivity contribution is 14.0. The highest BCUT2D eigenvalue weighted by atomic mass is 127. The summed E-state index contributed by atoms with van der Waals surface area (Å²) < 4.78 is 37.0. The van der Waals surface area contributed by atoms with Gasteiger partial charge in [0.05, 0.1) is 5.75 Å². The Labute approximate surface area is 197 Å². The Bertz CT molecular complexity index is 798. The summed E-state index contributed by atoms with van der Waals surface area (Å²) in [6, 6.07) is 4.55. The fraction of sp³-hybridized carbons (Fsp3) is 0.650. The topological polar surface area (TPSA) is 77.0 Å². The van der Waals surface area contributed by atoms with Gasteiger partial charge in [0.2, 0.25) is 0 Å². The van der Waals surface area contributed by atoms with Crippen molar-refractivity contribution in [2.75, 3.05) is 52.6 Å². The van der Waals surface area contributed by atoms with Crippen LogP contribution in [0.15, 0.2) is 23.2 Å². The third-order valence-corrected chi connectivity index (χ3v) is 6.13. The molecule has 0 saturated carbocycles. The minimum absolute atomic E-state index is 0. The highest BCUT2D eigenvalue weighted by Crippen LogP contribution is 2.14. The van der Waals surface area contributed by atoms with Crippen LogP contribution in [0.4, 0.5) is 4.39 Å². The minimum atomic E-state index is -3.20. The summed E-state index contributed by atoms with van der Waals surface area (Å²) in [5.41, 5.74) is 1.21. The zero-order valence-electron chi connectivity index (χ0n) is 18.3. The van der Waals surface area contributed by atoms with Gasteiger partial charge in [-0.05, 0) is 36.7 Å². The number of likely N-dealkylation sites (N-methyl/N-ethyl adjacent to an activating group) is 1. The van der Waals surface area contributed by atoms with E-state index in [4.69, 9.17) is 0 Å². The molecule has 1 saturated heterocycles. The summed E-state index contributed by atoms with van der Waals surface area (Å²) in [5.74, 6) is 0.109. The molecule has 0 spiro atoms. The molecule has 1 fully saturated rings. The van der Waals surface area contributed by atoms with E-state index in [1.54, 1.807) is 7.05 Å². The third-order valence-electron chi connectivity index (χ3n) is 5.30. The van der Waals surface area contributed by atoms with Crippen LogP contribution in [0, 0.1) is 5.82 Å². The standard InChI is InChI=1S/C20H34FN5O2S.HI/c1-5-25-8-10-26(11-9-25)16(2)13-23-20(22-3)24-14-18-12-19(21)7-6-17(18)15-29(4,27)28;/h6-7,12,16H,5,8-11,13-15H2,1-4H3,(H2,22,23,24);1H. The smallest absolute Gasteiger partial charge is 0.191 e. The summed E-state index contributed by atoms with van der Waals surface area (Å²) in [4.78, 5) is 9.14. The second-order valence-electron chi connectivity index (χ2n) is 7.61. The lowest BCUT2D eigenvalue weighted by atomic mass is 10.1. The number of piperazine rings is 1. The van der Waals surface area contributed by atoms with E-state index in [1.165, 1.54) is 24.5 Å². The Hall–Kier alpha value is -0.980. The Kier molecular flexibility index (Phi) is 11.5. The van der Waals surface area contributed by atoms with Gasteiger partial charge in [-0.15, -0.1) is 24.0 Å². The molecule has 0 aliphatic carbocycles. The first-order valence-electron chi connectivity index (χ1n) is 10.1. The number of hydrogen-bond donors (Lipinski definition) is 2. The maximum atomic E-state index is 13.7. The highest BCUT2D eigenvalue weighted by Gasteiger charge is 2.20. The molecule has 0 radical (unpaired) electrons. The minimum Gasteiger partial charge on any atom is -0.355 e. The monoisotopic (exact) mass is 555 g/mol. The van der Waals surface area contributed by atoms with Crippen LogP contribution in [-0.2, 0) is 22.1 Å². The van der Waals surface area contributed by atoms with Crippen molar-refractivity contribution in [2.24, 2.45) is 4.99 Å². The van der Waals surface area contributed by atoms with E-state index in [2.05, 4.69) is 39.3 Å². The van der Waals surface area contributed by atoms with Crippen molar-refractivity contribution in [1.29, 1.82) is 0 Å². The number of benzene rings is 1. The number of nitrogens with zero attached hydrogens (tertiary/aromatic N) is 3. The van der Waals surface area contributed by atoms with Crippen LogP contribution in [0.2, 0.25) is 0 Å². The lowest BCUT2D eigenvalue weighted by Crippen LogP contribution is -2.53. The lowest BCUT2D eigenvalue weighted by molar-refractivity contribution is 0.107. The van der Waals surface area contributed by atoms with E-state index < -0.39 is 9.84 Å². The van der Waals surface area contributed by atoms with Gasteiger partial charge in [0, 0.05) is 58.6 Å². The Morgan fingerprint density at radius 2 is 1.87 bits per heavy atom. The molecule has 1 aliphatic rings. The van der Waals surface area contributed by atoms with Gasteiger partial charge in [0.25, 0.3) is 0 Å². The van der Waals surface area contributed by atoms with Crippen LogP contribution in [-0.4, -0.2) is 82.8 Å². The Balaban J connectivity index is 0.00000450. The molecule has 0 aromatic heterocycles. The van der Waals surface area contributed by atoms with E-state index in [-0.39, 0.29) is 35.5 Å². The molecule has 1 atom stereocenters. The van der Waals surface area contributed by atoms with E-state index in [0.717, 1.165) is 39.3 Å². The van der Waals surface area contributed by atoms with Crippen LogP contribution >= 0.6 is 24.0 Å². The van der Waals surface area contributed by atoms with Gasteiger partial charge in [-0.25, -0.2) is 12.8 Å². The number of rotatable bonds is 8. The molecule has 2 rings (SSSR count). The zero-order valence-corrected chi connectivity index (χ0v) is 21.5. The predicted molar refractivity (Wildman–Crippen MR) is 132 cm³/mol. The molecular weight excluding hydrogens is 520 g/mol. The molecule has 10 heteroatoms. The zero-order chi connectivity index (χ0) is 21.4. The predicted octanol–water partition coefficient (Wildman–Crippen LogP) is 1.68. The molecular formula is C20H35FIN5O2S. The Morgan fingerprint density at radius 3 is 2.43 bits per heavy atom. The van der Waals surface area contributed by atoms with Gasteiger partial charge in [0.15, 0.2) is 15.8 Å². The number of aliphatic imine (C=N–C) groups is 1. The summed E-state index contributed by atoms with van der Waals surface area (Å²) in [7, 11) is -1.52. The van der Waals surface area contributed by atoms with Crippen LogP contribution < -0.4 is 10.6 Å². The van der Waals surface area contributed by atoms with Gasteiger partial charge < -0.3 is 15.5 Å². The van der Waals surface area contributed by atoms with Gasteiger partial charge in [-0.2, -0.15) is 0 Å². The average molecular weight is 556 g/mol. The molecule has 1 heterocycles. The first kappa shape index (κ1) is 27.1. The number of sulfone groups is 1. The van der Waals surface area contributed by atoms with Gasteiger partial charge in [-0.1, -0.05) is 13.0 Å². The molecule has 1 unspecified atom stereocenters. The van der Waals surface area contributed by atoms with Crippen LogP contribution in [0.25, 0.3) is 0 Å². The molecule has 0 amide bonds. The summed E-state index contributed by atoms with van der Waals surface area (Å²) in [6.45, 7) is 10.8. The van der Waals surface area contributed by atoms with Crippen molar-refractivity contribution < 1.29 is 12.8 Å². The summed E-state index contributed by atoms with van der Waals surface area (Å²) in [5, 5.41) is 6.48. The van der Waals surface area contributed by atoms with E-state index in [1.807, 2.05) is 0 Å². The SMILES string of the molecule is CCN1CCN(C(C)CNC(=NC)NCc2cc(F)ccc2CS(C)(=O)=O)CC1.I. The second kappa shape index (κ2) is 12.8. The van der Waals surface area contributed by atoms with Gasteiger partial charge >= 0.3 is 0 Å². The first-order chi connectivity index (χ1) is 13.7. The first-order valence-corrected chi connectivity index (χ1v) is 12.1. The fourth-order valence-corrected chi connectivity index (χ4v) is 4.32. The second-order valence-corrected chi connectivity index (χ2v) is 9.75. The summed E-state index contributed by atoms with van der Waals surface area (Å²) >= 11 is 0. The summed E-state index contributed by atoms with van der Waals surface area (Å²) in [6.07, 6.45) is 1.18. The maximum Gasteiger partial charge on any atom is 0.191 e. The van der Waals surface area contributed by atoms with Gasteiger partial charge in [0.1, 0.15) is 5.82 Å². The van der Waals surface area contributed by atoms with Crippen molar-refractivity contribution >= 4 is 39.8 Å². The van der Waals surface area contributed by atoms with Crippen LogP contribution in [0.5, 0.6) is 0 Å². The van der Waals surface area contributed by atoms with Crippen molar-refractivity contribution in [3.05, 3.63) is 35.1 Å². The quantitative estimate of drug-likeness (QED) is 0.289. The van der Waals surface area contributed by atoms with Gasteiger partial charge in [-0.3, -0.25) is 9.89 Å². The number of halogens is 2. The fourth-order valence-electron chi connectivity index (χ4n) is 3.48. The van der Waals surface area contributed by atoms with Crippen molar-refractivity contribution in [2.45, 2.75) is 32.2 Å².